The highest BCUT2D eigenvalue weighted by Crippen LogP contribution is 2.81. The topological polar surface area (TPSA) is 0 Å². The van der Waals surface area contributed by atoms with Crippen molar-refractivity contribution in [3.8, 4) is 0 Å². The molecule has 106 valence electrons. The molecule has 2 rings (SSSR count). The van der Waals surface area contributed by atoms with Gasteiger partial charge >= 0.3 is 0 Å². The molecule has 20 heavy (non-hydrogen) atoms. The van der Waals surface area contributed by atoms with Crippen LogP contribution in [0.1, 0.15) is 20.8 Å². The normalized spacial score (nSPS) is 11.8. The molecule has 0 heterocycles. The molecule has 2 heteroatoms. The number of hydrogen-bond acceptors (Lipinski definition) is 0. The Kier molecular flexibility index (Phi) is 5.76. The fourth-order valence-electron chi connectivity index (χ4n) is 3.10. The van der Waals surface area contributed by atoms with E-state index in [1.807, 2.05) is 0 Å². The average molecular weight is 303 g/mol. The Morgan fingerprint density at radius 3 is 1.40 bits per heavy atom. The minimum Gasteiger partial charge on any atom is -0.0620 e. The van der Waals surface area contributed by atoms with Gasteiger partial charge in [-0.1, -0.05) is 50.2 Å². The fraction of sp³-hybridized carbons (Fsp3) is 0.333. The molecule has 0 spiro atoms. The average Bonchev–Trinajstić information content (AvgIpc) is 2.54. The summed E-state index contributed by atoms with van der Waals surface area (Å²) in [6.45, 7) is 5.93. The number of benzene rings is 2. The highest BCUT2D eigenvalue weighted by Gasteiger charge is 2.47. The second kappa shape index (κ2) is 7.35. The summed E-state index contributed by atoms with van der Waals surface area (Å²) in [4.78, 5) is 0. The molecule has 0 bridgehead atoms. The van der Waals surface area contributed by atoms with Gasteiger partial charge in [-0.15, -0.1) is 0 Å². The molecule has 0 N–H and O–H groups in total. The van der Waals surface area contributed by atoms with Gasteiger partial charge < -0.3 is 0 Å². The van der Waals surface area contributed by atoms with E-state index in [1.165, 1.54) is 18.5 Å². The molecular weight excluding hydrogens is 278 g/mol. The summed E-state index contributed by atoms with van der Waals surface area (Å²) >= 11 is 0. The van der Waals surface area contributed by atoms with Crippen molar-refractivity contribution in [1.82, 2.24) is 0 Å². The molecule has 0 aliphatic heterocycles. The predicted molar refractivity (Wildman–Crippen MR) is 97.6 cm³/mol. The van der Waals surface area contributed by atoms with E-state index < -0.39 is 6.95 Å². The first-order chi connectivity index (χ1) is 9.79. The van der Waals surface area contributed by atoms with E-state index in [-0.39, 0.29) is 7.61 Å². The third-order valence-electron chi connectivity index (χ3n) is 4.04. The molecule has 0 fully saturated rings. The summed E-state index contributed by atoms with van der Waals surface area (Å²) in [5.74, 6) is 0. The van der Waals surface area contributed by atoms with Crippen molar-refractivity contribution in [1.29, 1.82) is 0 Å². The van der Waals surface area contributed by atoms with Crippen LogP contribution in [0.3, 0.4) is 0 Å². The first-order valence-electron chi connectivity index (χ1n) is 7.54. The summed E-state index contributed by atoms with van der Waals surface area (Å²) in [5, 5.41) is 3.20. The zero-order valence-electron chi connectivity index (χ0n) is 12.8. The van der Waals surface area contributed by atoms with Gasteiger partial charge in [0.05, 0.1) is 20.7 Å². The van der Waals surface area contributed by atoms with Gasteiger partial charge in [0, 0.05) is 12.3 Å². The third-order valence-corrected chi connectivity index (χ3v) is 16.5. The summed E-state index contributed by atoms with van der Waals surface area (Å²) < 4.78 is 0. The minimum atomic E-state index is -1.23. The molecule has 0 aliphatic rings. The molecule has 0 atom stereocenters. The van der Waals surface area contributed by atoms with Gasteiger partial charge in [-0.3, -0.25) is 0 Å². The maximum atomic E-state index is 2.40. The van der Waals surface area contributed by atoms with E-state index in [0.29, 0.717) is 0 Å². The Bertz CT molecular complexity index is 464. The highest BCUT2D eigenvalue weighted by atomic mass is 32.1. The largest absolute Gasteiger partial charge is 0.102 e. The van der Waals surface area contributed by atoms with Gasteiger partial charge in [-0.2, -0.15) is 0 Å². The predicted octanol–water partition coefficient (Wildman–Crippen LogP) is 5.11. The fourth-order valence-corrected chi connectivity index (χ4v) is 14.8. The summed E-state index contributed by atoms with van der Waals surface area (Å²) in [6, 6.07) is 22.6. The van der Waals surface area contributed by atoms with E-state index in [4.69, 9.17) is 0 Å². The lowest BCUT2D eigenvalue weighted by atomic mass is 10.4. The van der Waals surface area contributed by atoms with Gasteiger partial charge in [0.15, 0.2) is 0 Å². The van der Waals surface area contributed by atoms with Crippen LogP contribution in [0.15, 0.2) is 60.7 Å². The molecule has 0 aliphatic carbocycles. The molecule has 0 nitrogen and oxygen atoms in total. The zero-order valence-corrected chi connectivity index (χ0v) is 14.6. The van der Waals surface area contributed by atoms with E-state index in [9.17, 15) is 0 Å². The monoisotopic (exact) mass is 303 g/mol. The maximum absolute atomic E-state index is 2.40. The smallest absolute Gasteiger partial charge is 0.0620 e. The van der Waals surface area contributed by atoms with Gasteiger partial charge in [0.2, 0.25) is 0 Å². The van der Waals surface area contributed by atoms with Crippen LogP contribution >= 0.6 is 14.6 Å². The Morgan fingerprint density at radius 1 is 0.700 bits per heavy atom. The van der Waals surface area contributed by atoms with Gasteiger partial charge in [0.1, 0.15) is 10.6 Å². The first kappa shape index (κ1) is 15.7. The van der Waals surface area contributed by atoms with Crippen LogP contribution in [0.2, 0.25) is 0 Å². The summed E-state index contributed by atoms with van der Waals surface area (Å²) in [7, 11) is 0.0545. The Labute approximate surface area is 125 Å². The van der Waals surface area contributed by atoms with Crippen LogP contribution in [-0.4, -0.2) is 18.5 Å². The van der Waals surface area contributed by atoms with Crippen LogP contribution in [0, 0.1) is 0 Å². The molecule has 2 aromatic rings. The first-order valence-corrected chi connectivity index (χ1v) is 11.9. The van der Waals surface area contributed by atoms with Crippen molar-refractivity contribution in [2.45, 2.75) is 20.8 Å². The summed E-state index contributed by atoms with van der Waals surface area (Å²) in [5.41, 5.74) is 0. The van der Waals surface area contributed by atoms with E-state index in [1.54, 1.807) is 10.6 Å². The van der Waals surface area contributed by atoms with Crippen molar-refractivity contribution < 1.29 is 0 Å². The van der Waals surface area contributed by atoms with E-state index >= 15 is 0 Å². The second-order valence-corrected chi connectivity index (χ2v) is 14.1. The van der Waals surface area contributed by atoms with Crippen LogP contribution in [-0.2, 0) is 0 Å². The third kappa shape index (κ3) is 2.83. The Hall–Kier alpha value is -0.700. The second-order valence-electron chi connectivity index (χ2n) is 4.90. The molecule has 0 radical (unpaired) electrons. The summed E-state index contributed by atoms with van der Waals surface area (Å²) in [6.07, 6.45) is 3.95. The van der Waals surface area contributed by atoms with Gasteiger partial charge in [-0.05, 0) is 31.2 Å². The molecule has 0 unspecified atom stereocenters. The SMILES string of the molecule is CCP(CC)[P+](CC)(c1ccccc1)c1ccccc1. The molecular formula is C18H25P2+. The van der Waals surface area contributed by atoms with Crippen molar-refractivity contribution in [2.75, 3.05) is 18.5 Å². The molecule has 0 amide bonds. The van der Waals surface area contributed by atoms with E-state index in [0.717, 1.165) is 0 Å². The van der Waals surface area contributed by atoms with Crippen LogP contribution in [0.4, 0.5) is 0 Å². The number of hydrogen-bond donors (Lipinski definition) is 0. The molecule has 0 aromatic heterocycles. The lowest BCUT2D eigenvalue weighted by Crippen LogP contribution is -2.23. The minimum absolute atomic E-state index is 0.0545. The van der Waals surface area contributed by atoms with E-state index in [2.05, 4.69) is 81.4 Å². The van der Waals surface area contributed by atoms with Crippen LogP contribution in [0.5, 0.6) is 0 Å². The van der Waals surface area contributed by atoms with Crippen molar-refractivity contribution >= 4 is 25.2 Å². The molecule has 0 saturated carbocycles. The maximum Gasteiger partial charge on any atom is 0.102 e. The Morgan fingerprint density at radius 2 is 1.10 bits per heavy atom. The van der Waals surface area contributed by atoms with Crippen LogP contribution in [0.25, 0.3) is 0 Å². The van der Waals surface area contributed by atoms with Crippen molar-refractivity contribution in [3.63, 3.8) is 0 Å². The molecule has 0 saturated heterocycles. The Balaban J connectivity index is 2.64. The van der Waals surface area contributed by atoms with Crippen molar-refractivity contribution in [3.05, 3.63) is 60.7 Å². The van der Waals surface area contributed by atoms with Crippen LogP contribution < -0.4 is 10.6 Å². The lowest BCUT2D eigenvalue weighted by Gasteiger charge is -2.32. The zero-order chi connectivity index (χ0) is 14.4. The molecule has 2 aromatic carbocycles. The van der Waals surface area contributed by atoms with Crippen molar-refractivity contribution in [2.24, 2.45) is 0 Å². The van der Waals surface area contributed by atoms with Gasteiger partial charge in [-0.25, -0.2) is 0 Å². The standard InChI is InChI=1S/C18H25P2/c1-4-19(5-2)20(6-3,17-13-9-7-10-14-17)18-15-11-8-12-16-18/h7-16H,4-6H2,1-3H3/q+1. The quantitative estimate of drug-likeness (QED) is 0.650. The highest BCUT2D eigenvalue weighted by molar-refractivity contribution is 8.45. The number of rotatable bonds is 6. The van der Waals surface area contributed by atoms with Gasteiger partial charge in [0.25, 0.3) is 0 Å². The lowest BCUT2D eigenvalue weighted by molar-refractivity contribution is 1.42.